The largest absolute Gasteiger partial charge is 0.377 e. The summed E-state index contributed by atoms with van der Waals surface area (Å²) in [5, 5.41) is 6.63. The van der Waals surface area contributed by atoms with Gasteiger partial charge in [-0.3, -0.25) is 4.79 Å². The van der Waals surface area contributed by atoms with Crippen molar-refractivity contribution in [2.45, 2.75) is 26.0 Å². The Morgan fingerprint density at radius 1 is 1.47 bits per heavy atom. The summed E-state index contributed by atoms with van der Waals surface area (Å²) < 4.78 is 15.4. The van der Waals surface area contributed by atoms with E-state index in [1.807, 2.05) is 0 Å². The Morgan fingerprint density at radius 2 is 2.24 bits per heavy atom. The molecule has 17 heavy (non-hydrogen) atoms. The topological polar surface area (TPSA) is 73.6 Å². The molecular formula is C11H16N2O4. The molecule has 0 spiro atoms. The van der Waals surface area contributed by atoms with Crippen molar-refractivity contribution in [1.82, 2.24) is 10.5 Å². The molecule has 0 aromatic carbocycles. The normalized spacial score (nSPS) is 23.9. The molecular weight excluding hydrogens is 224 g/mol. The highest BCUT2D eigenvalue weighted by Gasteiger charge is 2.31. The van der Waals surface area contributed by atoms with E-state index in [1.165, 1.54) is 0 Å². The Morgan fingerprint density at radius 3 is 2.82 bits per heavy atom. The summed E-state index contributed by atoms with van der Waals surface area (Å²) in [6, 6.07) is -0.124. The van der Waals surface area contributed by atoms with Gasteiger partial charge in [0.1, 0.15) is 17.4 Å². The van der Waals surface area contributed by atoms with Crippen molar-refractivity contribution in [2.75, 3.05) is 20.3 Å². The Hall–Kier alpha value is -1.40. The number of aromatic nitrogens is 1. The van der Waals surface area contributed by atoms with E-state index in [4.69, 9.17) is 14.0 Å². The van der Waals surface area contributed by atoms with Crippen molar-refractivity contribution in [2.24, 2.45) is 0 Å². The number of rotatable bonds is 3. The molecule has 0 bridgehead atoms. The molecule has 1 aliphatic heterocycles. The summed E-state index contributed by atoms with van der Waals surface area (Å²) in [6.45, 7) is 4.43. The van der Waals surface area contributed by atoms with Crippen LogP contribution in [0.15, 0.2) is 4.52 Å². The summed E-state index contributed by atoms with van der Waals surface area (Å²) in [5.74, 6) is 0.326. The molecule has 0 unspecified atom stereocenters. The fraction of sp³-hybridized carbons (Fsp3) is 0.636. The van der Waals surface area contributed by atoms with Gasteiger partial charge in [-0.05, 0) is 13.8 Å². The Balaban J connectivity index is 2.07. The highest BCUT2D eigenvalue weighted by atomic mass is 16.5. The fourth-order valence-corrected chi connectivity index (χ4v) is 1.95. The van der Waals surface area contributed by atoms with Crippen molar-refractivity contribution in [3.8, 4) is 0 Å². The first-order chi connectivity index (χ1) is 8.13. The average molecular weight is 240 g/mol. The number of ether oxygens (including phenoxy) is 2. The van der Waals surface area contributed by atoms with Crippen molar-refractivity contribution in [3.05, 3.63) is 17.0 Å². The first-order valence-electron chi connectivity index (χ1n) is 5.47. The minimum Gasteiger partial charge on any atom is -0.377 e. The van der Waals surface area contributed by atoms with Gasteiger partial charge in [0.05, 0.1) is 24.9 Å². The number of nitrogens with zero attached hydrogens (tertiary/aromatic N) is 1. The lowest BCUT2D eigenvalue weighted by atomic mass is 10.1. The SMILES string of the molecule is CO[C@H]1COC[C@@H]1NC(=O)c1c(C)noc1C. The van der Waals surface area contributed by atoms with E-state index < -0.39 is 0 Å². The number of hydrogen-bond acceptors (Lipinski definition) is 5. The van der Waals surface area contributed by atoms with Crippen LogP contribution in [0, 0.1) is 13.8 Å². The molecule has 1 aliphatic rings. The van der Waals surface area contributed by atoms with Gasteiger partial charge in [-0.25, -0.2) is 0 Å². The molecule has 2 rings (SSSR count). The minimum absolute atomic E-state index is 0.0978. The lowest BCUT2D eigenvalue weighted by Crippen LogP contribution is -2.43. The number of amides is 1. The molecule has 1 fully saturated rings. The molecule has 2 heterocycles. The van der Waals surface area contributed by atoms with Crippen LogP contribution in [-0.2, 0) is 9.47 Å². The maximum absolute atomic E-state index is 12.0. The van der Waals surface area contributed by atoms with E-state index in [-0.39, 0.29) is 18.1 Å². The van der Waals surface area contributed by atoms with Crippen molar-refractivity contribution >= 4 is 5.91 Å². The fourth-order valence-electron chi connectivity index (χ4n) is 1.95. The molecule has 1 saturated heterocycles. The summed E-state index contributed by atoms with van der Waals surface area (Å²) in [7, 11) is 1.61. The third-order valence-electron chi connectivity index (χ3n) is 2.91. The quantitative estimate of drug-likeness (QED) is 0.829. The van der Waals surface area contributed by atoms with Gasteiger partial charge in [-0.1, -0.05) is 5.16 Å². The predicted molar refractivity (Wildman–Crippen MR) is 58.8 cm³/mol. The number of nitrogens with one attached hydrogen (secondary N) is 1. The van der Waals surface area contributed by atoms with Gasteiger partial charge in [0.2, 0.25) is 0 Å². The van der Waals surface area contributed by atoms with Gasteiger partial charge in [0, 0.05) is 7.11 Å². The van der Waals surface area contributed by atoms with Crippen LogP contribution in [0.25, 0.3) is 0 Å². The van der Waals surface area contributed by atoms with Gasteiger partial charge in [-0.2, -0.15) is 0 Å². The van der Waals surface area contributed by atoms with Gasteiger partial charge in [0.15, 0.2) is 0 Å². The number of carbonyl (C=O) groups is 1. The summed E-state index contributed by atoms with van der Waals surface area (Å²) >= 11 is 0. The summed E-state index contributed by atoms with van der Waals surface area (Å²) in [6.07, 6.45) is -0.0978. The lowest BCUT2D eigenvalue weighted by Gasteiger charge is -2.17. The molecule has 2 atom stereocenters. The molecule has 1 amide bonds. The standard InChI is InChI=1S/C11H16N2O4/c1-6-10(7(2)17-13-6)11(14)12-8-4-16-5-9(8)15-3/h8-9H,4-5H2,1-3H3,(H,12,14)/t8-,9-/m0/s1. The third kappa shape index (κ3) is 2.32. The van der Waals surface area contributed by atoms with E-state index in [2.05, 4.69) is 10.5 Å². The van der Waals surface area contributed by atoms with E-state index in [0.29, 0.717) is 30.2 Å². The summed E-state index contributed by atoms with van der Waals surface area (Å²) in [4.78, 5) is 12.0. The molecule has 6 heteroatoms. The van der Waals surface area contributed by atoms with Gasteiger partial charge < -0.3 is 19.3 Å². The van der Waals surface area contributed by atoms with Gasteiger partial charge in [0.25, 0.3) is 5.91 Å². The maximum atomic E-state index is 12.0. The second kappa shape index (κ2) is 4.85. The highest BCUT2D eigenvalue weighted by Crippen LogP contribution is 2.14. The zero-order valence-electron chi connectivity index (χ0n) is 10.1. The van der Waals surface area contributed by atoms with E-state index >= 15 is 0 Å². The molecule has 0 radical (unpaired) electrons. The first-order valence-corrected chi connectivity index (χ1v) is 5.47. The third-order valence-corrected chi connectivity index (χ3v) is 2.91. The predicted octanol–water partition coefficient (Wildman–Crippen LogP) is 0.435. The van der Waals surface area contributed by atoms with Crippen LogP contribution in [0.3, 0.4) is 0 Å². The van der Waals surface area contributed by atoms with Crippen LogP contribution < -0.4 is 5.32 Å². The molecule has 94 valence electrons. The van der Waals surface area contributed by atoms with Gasteiger partial charge >= 0.3 is 0 Å². The van der Waals surface area contributed by atoms with Crippen molar-refractivity contribution in [3.63, 3.8) is 0 Å². The van der Waals surface area contributed by atoms with E-state index in [0.717, 1.165) is 0 Å². The highest BCUT2D eigenvalue weighted by molar-refractivity contribution is 5.96. The van der Waals surface area contributed by atoms with Crippen LogP contribution in [0.5, 0.6) is 0 Å². The second-order valence-electron chi connectivity index (χ2n) is 4.09. The average Bonchev–Trinajstić information content (AvgIpc) is 2.85. The number of hydrogen-bond donors (Lipinski definition) is 1. The van der Waals surface area contributed by atoms with Crippen molar-refractivity contribution < 1.29 is 18.8 Å². The first kappa shape index (κ1) is 12.1. The van der Waals surface area contributed by atoms with Crippen LogP contribution >= 0.6 is 0 Å². The second-order valence-corrected chi connectivity index (χ2v) is 4.09. The number of methoxy groups -OCH3 is 1. The van der Waals surface area contributed by atoms with Crippen LogP contribution in [-0.4, -0.2) is 43.5 Å². The van der Waals surface area contributed by atoms with Crippen LogP contribution in [0.2, 0.25) is 0 Å². The minimum atomic E-state index is -0.196. The van der Waals surface area contributed by atoms with Gasteiger partial charge in [-0.15, -0.1) is 0 Å². The summed E-state index contributed by atoms with van der Waals surface area (Å²) in [5.41, 5.74) is 1.08. The molecule has 0 aliphatic carbocycles. The zero-order valence-corrected chi connectivity index (χ0v) is 10.1. The Labute approximate surface area is 99.2 Å². The zero-order chi connectivity index (χ0) is 12.4. The van der Waals surface area contributed by atoms with E-state index in [1.54, 1.807) is 21.0 Å². The molecule has 1 aromatic rings. The van der Waals surface area contributed by atoms with Crippen LogP contribution in [0.1, 0.15) is 21.8 Å². The molecule has 1 N–H and O–H groups in total. The molecule has 1 aromatic heterocycles. The lowest BCUT2D eigenvalue weighted by molar-refractivity contribution is 0.0685. The Kier molecular flexibility index (Phi) is 3.44. The monoisotopic (exact) mass is 240 g/mol. The maximum Gasteiger partial charge on any atom is 0.257 e. The van der Waals surface area contributed by atoms with E-state index in [9.17, 15) is 4.79 Å². The molecule has 0 saturated carbocycles. The Bertz CT molecular complexity index is 396. The molecule has 6 nitrogen and oxygen atoms in total. The van der Waals surface area contributed by atoms with Crippen LogP contribution in [0.4, 0.5) is 0 Å². The number of aryl methyl sites for hydroxylation is 2. The smallest absolute Gasteiger partial charge is 0.257 e. The van der Waals surface area contributed by atoms with Crippen molar-refractivity contribution in [1.29, 1.82) is 0 Å². The number of carbonyl (C=O) groups excluding carboxylic acids is 1.